The highest BCUT2D eigenvalue weighted by molar-refractivity contribution is 5.30. The lowest BCUT2D eigenvalue weighted by Gasteiger charge is -2.51. The van der Waals surface area contributed by atoms with E-state index in [1.54, 1.807) is 0 Å². The summed E-state index contributed by atoms with van der Waals surface area (Å²) in [5.41, 5.74) is -7.27. The van der Waals surface area contributed by atoms with Gasteiger partial charge in [-0.2, -0.15) is 52.7 Å². The van der Waals surface area contributed by atoms with Crippen LogP contribution in [0.2, 0.25) is 0 Å². The first-order valence-electron chi connectivity index (χ1n) is 4.21. The normalized spacial score (nSPS) is 32.1. The monoisotopic (exact) mass is 331 g/mol. The quantitative estimate of drug-likeness (QED) is 0.628. The molecule has 1 aliphatic carbocycles. The van der Waals surface area contributed by atoms with Crippen LogP contribution in [0.4, 0.5) is 57.1 Å². The van der Waals surface area contributed by atoms with Gasteiger partial charge in [0.05, 0.1) is 0 Å². The average molecular weight is 331 g/mol. The van der Waals surface area contributed by atoms with E-state index in [1.807, 2.05) is 0 Å². The van der Waals surface area contributed by atoms with Crippen molar-refractivity contribution in [1.82, 2.24) is 0 Å². The third-order valence-corrected chi connectivity index (χ3v) is 2.70. The Labute approximate surface area is 100 Å². The minimum Gasteiger partial charge on any atom is -0.223 e. The number of hydrogen-bond donors (Lipinski definition) is 0. The molecule has 0 spiro atoms. The molecule has 0 amide bonds. The average Bonchev–Trinajstić information content (AvgIpc) is 2.24. The Morgan fingerprint density at radius 2 is 0.600 bits per heavy atom. The van der Waals surface area contributed by atoms with E-state index in [-0.39, 0.29) is 0 Å². The summed E-state index contributed by atoms with van der Waals surface area (Å²) in [4.78, 5) is 0. The lowest BCUT2D eigenvalue weighted by Crippen LogP contribution is -2.84. The number of hydrogen-bond acceptors (Lipinski definition) is 0. The molecule has 20 heavy (non-hydrogen) atoms. The molecule has 0 atom stereocenters. The van der Waals surface area contributed by atoms with Crippen molar-refractivity contribution in [3.63, 3.8) is 0 Å². The van der Waals surface area contributed by atoms with Gasteiger partial charge in [-0.05, 0) is 0 Å². The van der Waals surface area contributed by atoms with Crippen molar-refractivity contribution in [3.05, 3.63) is 6.43 Å². The van der Waals surface area contributed by atoms with E-state index in [2.05, 4.69) is 0 Å². The lowest BCUT2D eigenvalue weighted by atomic mass is 9.72. The summed E-state index contributed by atoms with van der Waals surface area (Å²) < 4.78 is 163. The van der Waals surface area contributed by atoms with E-state index in [4.69, 9.17) is 0 Å². The molecule has 0 aromatic rings. The molecular formula is C7F13. The van der Waals surface area contributed by atoms with Crippen LogP contribution in [0.15, 0.2) is 0 Å². The first-order valence-corrected chi connectivity index (χ1v) is 4.21. The highest BCUT2D eigenvalue weighted by Crippen LogP contribution is 2.71. The van der Waals surface area contributed by atoms with Crippen LogP contribution in [0, 0.1) is 6.43 Å². The Kier molecular flexibility index (Phi) is 3.12. The summed E-state index contributed by atoms with van der Waals surface area (Å²) >= 11 is 0. The van der Waals surface area contributed by atoms with Crippen molar-refractivity contribution < 1.29 is 57.1 Å². The summed E-state index contributed by atoms with van der Waals surface area (Å²) in [6, 6.07) is 0. The van der Waals surface area contributed by atoms with E-state index in [0.717, 1.165) is 0 Å². The fourth-order valence-corrected chi connectivity index (χ4v) is 1.46. The van der Waals surface area contributed by atoms with Crippen LogP contribution in [0.5, 0.6) is 0 Å². The van der Waals surface area contributed by atoms with Crippen LogP contribution in [-0.4, -0.2) is 35.3 Å². The molecule has 0 nitrogen and oxygen atoms in total. The molecule has 0 bridgehead atoms. The highest BCUT2D eigenvalue weighted by Gasteiger charge is 3.03. The van der Waals surface area contributed by atoms with Gasteiger partial charge in [-0.25, -0.2) is 4.39 Å². The Bertz CT molecular complexity index is 377. The molecule has 1 rings (SSSR count). The summed E-state index contributed by atoms with van der Waals surface area (Å²) in [5, 5.41) is 0. The molecule has 1 fully saturated rings. The molecule has 1 saturated carbocycles. The van der Waals surface area contributed by atoms with Crippen LogP contribution in [0.25, 0.3) is 0 Å². The summed E-state index contributed by atoms with van der Waals surface area (Å²) in [7, 11) is 0. The minimum atomic E-state index is -7.50. The van der Waals surface area contributed by atoms with Crippen LogP contribution in [0.1, 0.15) is 0 Å². The predicted octanol–water partition coefficient (Wildman–Crippen LogP) is 4.31. The molecule has 0 aliphatic heterocycles. The summed E-state index contributed by atoms with van der Waals surface area (Å²) in [5.74, 6) is -37.5. The molecule has 1 aliphatic rings. The van der Waals surface area contributed by atoms with Gasteiger partial charge in [-0.1, -0.05) is 0 Å². The van der Waals surface area contributed by atoms with Gasteiger partial charge in [0.1, 0.15) is 0 Å². The Morgan fingerprint density at radius 1 is 0.400 bits per heavy atom. The van der Waals surface area contributed by atoms with Crippen molar-refractivity contribution >= 4 is 0 Å². The van der Waals surface area contributed by atoms with Gasteiger partial charge in [-0.3, -0.25) is 0 Å². The van der Waals surface area contributed by atoms with Crippen molar-refractivity contribution in [1.29, 1.82) is 0 Å². The van der Waals surface area contributed by atoms with Gasteiger partial charge in [0.25, 0.3) is 0 Å². The molecular weight excluding hydrogens is 331 g/mol. The number of halogens is 13. The summed E-state index contributed by atoms with van der Waals surface area (Å²) in [6.45, 7) is 0. The van der Waals surface area contributed by atoms with Crippen LogP contribution in [-0.2, 0) is 0 Å². The fraction of sp³-hybridized carbons (Fsp3) is 0.857. The van der Waals surface area contributed by atoms with Crippen molar-refractivity contribution in [3.8, 4) is 0 Å². The van der Waals surface area contributed by atoms with Gasteiger partial charge in [0.15, 0.2) is 0 Å². The standard InChI is InChI=1S/C7F13/c8-1(9)2(10)3(11,12)5(15,16)7(19,20)6(17,18)4(2,13)14. The van der Waals surface area contributed by atoms with E-state index in [9.17, 15) is 57.1 Å². The topological polar surface area (TPSA) is 0 Å². The minimum absolute atomic E-state index is 4.89. The van der Waals surface area contributed by atoms with Crippen molar-refractivity contribution in [2.24, 2.45) is 0 Å². The molecule has 0 unspecified atom stereocenters. The first kappa shape index (κ1) is 17.1. The van der Waals surface area contributed by atoms with E-state index >= 15 is 0 Å². The Morgan fingerprint density at radius 3 is 0.800 bits per heavy atom. The fourth-order valence-electron chi connectivity index (χ4n) is 1.46. The third kappa shape index (κ3) is 1.27. The largest absolute Gasteiger partial charge is 0.384 e. The lowest BCUT2D eigenvalue weighted by molar-refractivity contribution is -0.487. The van der Waals surface area contributed by atoms with Crippen molar-refractivity contribution in [2.75, 3.05) is 0 Å². The van der Waals surface area contributed by atoms with E-state index < -0.39 is 41.7 Å². The highest BCUT2D eigenvalue weighted by atomic mass is 19.4. The van der Waals surface area contributed by atoms with Crippen LogP contribution >= 0.6 is 0 Å². The Balaban J connectivity index is 3.83. The molecule has 0 N–H and O–H groups in total. The van der Waals surface area contributed by atoms with Gasteiger partial charge in [0, 0.05) is 0 Å². The molecule has 1 radical (unpaired) electrons. The Hall–Kier alpha value is -0.910. The first-order chi connectivity index (χ1) is 8.44. The molecule has 0 heterocycles. The zero-order valence-corrected chi connectivity index (χ0v) is 8.41. The van der Waals surface area contributed by atoms with Gasteiger partial charge < -0.3 is 0 Å². The zero-order chi connectivity index (χ0) is 16.6. The molecule has 13 heteroatoms. The third-order valence-electron chi connectivity index (χ3n) is 2.70. The second kappa shape index (κ2) is 3.64. The smallest absolute Gasteiger partial charge is 0.223 e. The van der Waals surface area contributed by atoms with Crippen molar-refractivity contribution in [2.45, 2.75) is 35.3 Å². The maximum atomic E-state index is 13.0. The second-order valence-electron chi connectivity index (χ2n) is 3.79. The summed E-state index contributed by atoms with van der Waals surface area (Å²) in [6.07, 6.45) is -4.89. The molecule has 119 valence electrons. The van der Waals surface area contributed by atoms with Crippen LogP contribution < -0.4 is 0 Å². The van der Waals surface area contributed by atoms with E-state index in [0.29, 0.717) is 0 Å². The SMILES string of the molecule is F[C](F)C1(F)C(F)(F)C(F)(F)C(F)(F)C(F)(F)C1(F)F. The van der Waals surface area contributed by atoms with Crippen LogP contribution in [0.3, 0.4) is 0 Å². The van der Waals surface area contributed by atoms with E-state index in [1.165, 1.54) is 0 Å². The second-order valence-corrected chi connectivity index (χ2v) is 3.79. The van der Waals surface area contributed by atoms with Gasteiger partial charge in [0.2, 0.25) is 0 Å². The molecule has 0 aromatic carbocycles. The maximum absolute atomic E-state index is 13.0. The predicted molar refractivity (Wildman–Crippen MR) is 34.0 cm³/mol. The number of alkyl halides is 11. The number of rotatable bonds is 1. The van der Waals surface area contributed by atoms with Gasteiger partial charge >= 0.3 is 41.7 Å². The molecule has 0 saturated heterocycles. The molecule has 0 aromatic heterocycles. The zero-order valence-electron chi connectivity index (χ0n) is 8.41. The maximum Gasteiger partial charge on any atom is 0.384 e. The van der Waals surface area contributed by atoms with Gasteiger partial charge in [-0.15, -0.1) is 0 Å².